The summed E-state index contributed by atoms with van der Waals surface area (Å²) in [6, 6.07) is 19.3. The van der Waals surface area contributed by atoms with Gasteiger partial charge in [-0.1, -0.05) is 73.3 Å². The zero-order valence-electron chi connectivity index (χ0n) is 20.0. The van der Waals surface area contributed by atoms with Crippen LogP contribution in [0.3, 0.4) is 0 Å². The lowest BCUT2D eigenvalue weighted by Crippen LogP contribution is -2.33. The summed E-state index contributed by atoms with van der Waals surface area (Å²) in [6.07, 6.45) is 6.16. The van der Waals surface area contributed by atoms with E-state index in [0.717, 1.165) is 12.8 Å². The summed E-state index contributed by atoms with van der Waals surface area (Å²) in [5.41, 5.74) is 2.60. The molecule has 1 aromatic heterocycles. The van der Waals surface area contributed by atoms with Crippen molar-refractivity contribution >= 4 is 40.0 Å². The zero-order chi connectivity index (χ0) is 25.5. The maximum atomic E-state index is 13.0. The quantitative estimate of drug-likeness (QED) is 0.215. The number of phenolic OH excluding ortho intramolecular Hbond substituents is 1. The summed E-state index contributed by atoms with van der Waals surface area (Å²) in [6.45, 7) is 1.99. The van der Waals surface area contributed by atoms with Gasteiger partial charge in [-0.15, -0.1) is 0 Å². The Labute approximate surface area is 221 Å². The third-order valence-electron chi connectivity index (χ3n) is 6.04. The van der Waals surface area contributed by atoms with Crippen LogP contribution in [0.5, 0.6) is 11.5 Å². The first-order chi connectivity index (χ1) is 17.5. The van der Waals surface area contributed by atoms with Gasteiger partial charge in [0, 0.05) is 22.2 Å². The van der Waals surface area contributed by atoms with E-state index in [1.807, 2.05) is 30.3 Å². The Morgan fingerprint density at radius 3 is 2.53 bits per heavy atom. The highest BCUT2D eigenvalue weighted by Gasteiger charge is 2.25. The molecule has 186 valence electrons. The number of carbonyl (C=O) groups excluding carboxylic acids is 1. The van der Waals surface area contributed by atoms with E-state index in [9.17, 15) is 9.90 Å². The fourth-order valence-electron chi connectivity index (χ4n) is 4.14. The second kappa shape index (κ2) is 12.1. The van der Waals surface area contributed by atoms with Crippen LogP contribution >= 0.6 is 23.2 Å². The van der Waals surface area contributed by atoms with Crippen molar-refractivity contribution < 1.29 is 14.6 Å². The molecule has 0 radical (unpaired) electrons. The lowest BCUT2D eigenvalue weighted by molar-refractivity contribution is -0.123. The highest BCUT2D eigenvalue weighted by Crippen LogP contribution is 2.39. The van der Waals surface area contributed by atoms with Crippen LogP contribution in [-0.4, -0.2) is 22.6 Å². The predicted octanol–water partition coefficient (Wildman–Crippen LogP) is 7.26. The van der Waals surface area contributed by atoms with Gasteiger partial charge in [0.2, 0.25) is 0 Å². The molecule has 0 saturated heterocycles. The number of nitrogens with one attached hydrogen (secondary N) is 1. The maximum absolute atomic E-state index is 13.0. The molecule has 1 amide bonds. The minimum Gasteiger partial charge on any atom is -0.505 e. The Morgan fingerprint density at radius 1 is 1.00 bits per heavy atom. The number of halogens is 2. The van der Waals surface area contributed by atoms with Gasteiger partial charge < -0.3 is 15.2 Å². The molecule has 4 aromatic rings. The minimum absolute atomic E-state index is 0.0696. The number of rotatable bonds is 10. The van der Waals surface area contributed by atoms with Gasteiger partial charge in [0.15, 0.2) is 6.61 Å². The second-order valence-electron chi connectivity index (χ2n) is 8.61. The van der Waals surface area contributed by atoms with Crippen molar-refractivity contribution in [2.45, 2.75) is 38.6 Å². The molecule has 0 bridgehead atoms. The summed E-state index contributed by atoms with van der Waals surface area (Å²) in [7, 11) is 0. The number of pyridine rings is 1. The number of aromatic hydroxyl groups is 1. The van der Waals surface area contributed by atoms with Crippen molar-refractivity contribution in [1.82, 2.24) is 10.3 Å². The van der Waals surface area contributed by atoms with Crippen LogP contribution in [0.2, 0.25) is 10.0 Å². The van der Waals surface area contributed by atoms with Crippen molar-refractivity contribution in [3.05, 3.63) is 99.7 Å². The number of benzene rings is 3. The molecule has 0 aliphatic rings. The summed E-state index contributed by atoms with van der Waals surface area (Å²) in [4.78, 5) is 17.3. The maximum Gasteiger partial charge on any atom is 0.258 e. The van der Waals surface area contributed by atoms with Crippen LogP contribution in [0.25, 0.3) is 10.9 Å². The lowest BCUT2D eigenvalue weighted by Gasteiger charge is -2.23. The molecule has 3 aromatic carbocycles. The van der Waals surface area contributed by atoms with E-state index < -0.39 is 6.04 Å². The molecule has 1 heterocycles. The molecule has 0 aliphatic carbocycles. The van der Waals surface area contributed by atoms with Crippen LogP contribution in [0, 0.1) is 0 Å². The minimum atomic E-state index is -0.764. The summed E-state index contributed by atoms with van der Waals surface area (Å²) >= 11 is 13.0. The molecule has 0 aliphatic heterocycles. The molecular weight excluding hydrogens is 495 g/mol. The van der Waals surface area contributed by atoms with Gasteiger partial charge in [0.05, 0.1) is 11.1 Å². The molecule has 4 rings (SSSR count). The number of hydrogen-bond acceptors (Lipinski definition) is 4. The Hall–Kier alpha value is -3.28. The van der Waals surface area contributed by atoms with Crippen molar-refractivity contribution in [1.29, 1.82) is 0 Å². The fraction of sp³-hybridized carbons (Fsp3) is 0.241. The first-order valence-electron chi connectivity index (χ1n) is 12.0. The van der Waals surface area contributed by atoms with Crippen LogP contribution < -0.4 is 10.1 Å². The summed E-state index contributed by atoms with van der Waals surface area (Å²) in [5.74, 6) is 0.169. The lowest BCUT2D eigenvalue weighted by atomic mass is 9.96. The molecule has 0 saturated carbocycles. The predicted molar refractivity (Wildman–Crippen MR) is 145 cm³/mol. The molecule has 7 heteroatoms. The first kappa shape index (κ1) is 25.8. The standard InChI is InChI=1S/C29H28Cl2N2O3/c1-2-3-4-8-19-12-14-20(15-13-19)36-18-26(34)33-27(21-9-5-6-11-24(21)30)23-17-25(31)22-10-7-16-32-28(22)29(23)35/h5-7,9-17,27,35H,2-4,8,18H2,1H3,(H,33,34). The van der Waals surface area contributed by atoms with Crippen LogP contribution in [-0.2, 0) is 11.2 Å². The molecule has 5 nitrogen and oxygen atoms in total. The van der Waals surface area contributed by atoms with Gasteiger partial charge in [-0.05, 0) is 60.4 Å². The zero-order valence-corrected chi connectivity index (χ0v) is 21.5. The van der Waals surface area contributed by atoms with Gasteiger partial charge >= 0.3 is 0 Å². The van der Waals surface area contributed by atoms with E-state index in [-0.39, 0.29) is 18.3 Å². The van der Waals surface area contributed by atoms with Crippen molar-refractivity contribution in [3.63, 3.8) is 0 Å². The molecule has 1 unspecified atom stereocenters. The average Bonchev–Trinajstić information content (AvgIpc) is 2.90. The highest BCUT2D eigenvalue weighted by molar-refractivity contribution is 6.35. The average molecular weight is 523 g/mol. The largest absolute Gasteiger partial charge is 0.505 e. The number of unbranched alkanes of at least 4 members (excludes halogenated alkanes) is 2. The smallest absolute Gasteiger partial charge is 0.258 e. The molecule has 2 N–H and O–H groups in total. The Kier molecular flexibility index (Phi) is 8.68. The topological polar surface area (TPSA) is 71.5 Å². The van der Waals surface area contributed by atoms with E-state index in [1.165, 1.54) is 18.4 Å². The third-order valence-corrected chi connectivity index (χ3v) is 6.70. The van der Waals surface area contributed by atoms with Crippen molar-refractivity contribution in [2.75, 3.05) is 6.61 Å². The number of ether oxygens (including phenoxy) is 1. The number of hydrogen-bond donors (Lipinski definition) is 2. The van der Waals surface area contributed by atoms with Gasteiger partial charge in [0.25, 0.3) is 5.91 Å². The fourth-order valence-corrected chi connectivity index (χ4v) is 4.66. The monoisotopic (exact) mass is 522 g/mol. The number of nitrogens with zero attached hydrogens (tertiary/aromatic N) is 1. The van der Waals surface area contributed by atoms with Gasteiger partial charge in [0.1, 0.15) is 17.0 Å². The number of phenols is 1. The number of aromatic nitrogens is 1. The van der Waals surface area contributed by atoms with Crippen molar-refractivity contribution in [3.8, 4) is 11.5 Å². The van der Waals surface area contributed by atoms with E-state index in [0.29, 0.717) is 37.8 Å². The number of amides is 1. The van der Waals surface area contributed by atoms with Crippen LogP contribution in [0.4, 0.5) is 0 Å². The molecule has 36 heavy (non-hydrogen) atoms. The van der Waals surface area contributed by atoms with Gasteiger partial charge in [-0.25, -0.2) is 0 Å². The Bertz CT molecular complexity index is 1340. The van der Waals surface area contributed by atoms with E-state index in [1.54, 1.807) is 42.6 Å². The van der Waals surface area contributed by atoms with Gasteiger partial charge in [-0.2, -0.15) is 0 Å². The Balaban J connectivity index is 1.54. The summed E-state index contributed by atoms with van der Waals surface area (Å²) < 4.78 is 5.73. The normalized spacial score (nSPS) is 11.9. The van der Waals surface area contributed by atoms with Crippen molar-refractivity contribution in [2.24, 2.45) is 0 Å². The number of fused-ring (bicyclic) bond motifs is 1. The summed E-state index contributed by atoms with van der Waals surface area (Å²) in [5, 5.41) is 15.5. The Morgan fingerprint density at radius 2 is 1.78 bits per heavy atom. The molecular formula is C29H28Cl2N2O3. The van der Waals surface area contributed by atoms with E-state index in [4.69, 9.17) is 27.9 Å². The highest BCUT2D eigenvalue weighted by atomic mass is 35.5. The molecule has 1 atom stereocenters. The van der Waals surface area contributed by atoms with Gasteiger partial charge in [-0.3, -0.25) is 9.78 Å². The van der Waals surface area contributed by atoms with E-state index >= 15 is 0 Å². The van der Waals surface area contributed by atoms with E-state index in [2.05, 4.69) is 17.2 Å². The second-order valence-corrected chi connectivity index (χ2v) is 9.42. The SMILES string of the molecule is CCCCCc1ccc(OCC(=O)NC(c2ccccc2Cl)c2cc(Cl)c3cccnc3c2O)cc1. The third kappa shape index (κ3) is 6.10. The molecule has 0 fully saturated rings. The molecule has 0 spiro atoms. The first-order valence-corrected chi connectivity index (χ1v) is 12.7. The van der Waals surface area contributed by atoms with Crippen LogP contribution in [0.15, 0.2) is 72.9 Å². The number of aryl methyl sites for hydroxylation is 1. The number of carbonyl (C=O) groups is 1. The van der Waals surface area contributed by atoms with Crippen LogP contribution in [0.1, 0.15) is 48.9 Å².